The van der Waals surface area contributed by atoms with E-state index in [0.717, 1.165) is 19.1 Å². The minimum atomic E-state index is 0. The van der Waals surface area contributed by atoms with Crippen molar-refractivity contribution < 1.29 is 0 Å². The Balaban J connectivity index is 0.000000209. The molecule has 0 amide bonds. The van der Waals surface area contributed by atoms with Crippen LogP contribution in [0.3, 0.4) is 0 Å². The Morgan fingerprint density at radius 1 is 1.00 bits per heavy atom. The normalized spacial score (nSPS) is 24.2. The van der Waals surface area contributed by atoms with E-state index in [9.17, 15) is 0 Å². The maximum Gasteiger partial charge on any atom is 0.0435 e. The molecular weight excluding hydrogens is 418 g/mol. The molecular formula is C29H45N5. The van der Waals surface area contributed by atoms with Crippen molar-refractivity contribution >= 4 is 5.69 Å². The number of benzene rings is 1. The van der Waals surface area contributed by atoms with Crippen LogP contribution in [0.1, 0.15) is 55.5 Å². The van der Waals surface area contributed by atoms with E-state index in [1.165, 1.54) is 93.6 Å². The maximum absolute atomic E-state index is 4.32. The van der Waals surface area contributed by atoms with Crippen LogP contribution in [0.4, 0.5) is 5.69 Å². The zero-order valence-electron chi connectivity index (χ0n) is 20.6. The van der Waals surface area contributed by atoms with Gasteiger partial charge in [-0.05, 0) is 94.4 Å². The third-order valence-corrected chi connectivity index (χ3v) is 8.19. The van der Waals surface area contributed by atoms with E-state index < -0.39 is 0 Å². The van der Waals surface area contributed by atoms with E-state index in [0.29, 0.717) is 6.04 Å². The molecule has 5 nitrogen and oxygen atoms in total. The number of nitrogens with one attached hydrogen (secondary N) is 1. The number of piperazine rings is 1. The van der Waals surface area contributed by atoms with Crippen molar-refractivity contribution in [3.8, 4) is 0 Å². The van der Waals surface area contributed by atoms with E-state index in [-0.39, 0.29) is 7.43 Å². The molecule has 0 bridgehead atoms. The lowest BCUT2D eigenvalue weighted by Crippen LogP contribution is -2.51. The summed E-state index contributed by atoms with van der Waals surface area (Å²) in [5, 5.41) is 3.37. The lowest BCUT2D eigenvalue weighted by atomic mass is 9.92. The summed E-state index contributed by atoms with van der Waals surface area (Å²) in [5.41, 5.74) is 7.45. The van der Waals surface area contributed by atoms with Crippen LogP contribution in [0.15, 0.2) is 36.5 Å². The first-order valence-corrected chi connectivity index (χ1v) is 13.1. The Kier molecular flexibility index (Phi) is 8.62. The second kappa shape index (κ2) is 11.7. The third-order valence-electron chi connectivity index (χ3n) is 8.19. The average Bonchev–Trinajstić information content (AvgIpc) is 3.33. The monoisotopic (exact) mass is 463 g/mol. The number of anilines is 1. The van der Waals surface area contributed by atoms with Gasteiger partial charge >= 0.3 is 0 Å². The van der Waals surface area contributed by atoms with Gasteiger partial charge in [0, 0.05) is 62.4 Å². The molecule has 0 radical (unpaired) electrons. The highest BCUT2D eigenvalue weighted by atomic mass is 15.3. The Morgan fingerprint density at radius 3 is 2.71 bits per heavy atom. The number of likely N-dealkylation sites (N-methyl/N-ethyl adjacent to an activating group) is 2. The summed E-state index contributed by atoms with van der Waals surface area (Å²) in [4.78, 5) is 12.2. The van der Waals surface area contributed by atoms with Gasteiger partial charge in [0.15, 0.2) is 0 Å². The van der Waals surface area contributed by atoms with Gasteiger partial charge in [-0.2, -0.15) is 0 Å². The van der Waals surface area contributed by atoms with E-state index >= 15 is 0 Å². The number of fused-ring (bicyclic) bond motifs is 3. The Hall–Kier alpha value is -1.95. The molecule has 5 heteroatoms. The molecule has 2 atom stereocenters. The highest BCUT2D eigenvalue weighted by Crippen LogP contribution is 2.33. The predicted octanol–water partition coefficient (Wildman–Crippen LogP) is 4.14. The van der Waals surface area contributed by atoms with Crippen LogP contribution in [0.5, 0.6) is 0 Å². The molecule has 2 unspecified atom stereocenters. The van der Waals surface area contributed by atoms with Gasteiger partial charge in [0.25, 0.3) is 0 Å². The molecule has 0 spiro atoms. The summed E-state index contributed by atoms with van der Waals surface area (Å²) in [6.07, 6.45) is 10.9. The number of pyridine rings is 1. The molecule has 4 heterocycles. The molecule has 2 aromatic rings. The quantitative estimate of drug-likeness (QED) is 0.740. The molecule has 1 aromatic heterocycles. The molecule has 2 fully saturated rings. The second-order valence-corrected chi connectivity index (χ2v) is 10.3. The number of hydrogen-bond donors (Lipinski definition) is 1. The van der Waals surface area contributed by atoms with E-state index in [4.69, 9.17) is 0 Å². The first kappa shape index (κ1) is 25.2. The number of rotatable bonds is 3. The van der Waals surface area contributed by atoms with Crippen molar-refractivity contribution in [2.75, 3.05) is 51.7 Å². The van der Waals surface area contributed by atoms with Crippen molar-refractivity contribution in [2.24, 2.45) is 0 Å². The topological polar surface area (TPSA) is 34.6 Å². The molecule has 1 aromatic carbocycles. The zero-order chi connectivity index (χ0) is 22.6. The summed E-state index contributed by atoms with van der Waals surface area (Å²) in [7, 11) is 4.32. The first-order valence-electron chi connectivity index (χ1n) is 13.1. The van der Waals surface area contributed by atoms with Crippen molar-refractivity contribution in [1.29, 1.82) is 0 Å². The summed E-state index contributed by atoms with van der Waals surface area (Å²) in [6.45, 7) is 7.14. The van der Waals surface area contributed by atoms with Gasteiger partial charge < -0.3 is 10.2 Å². The van der Waals surface area contributed by atoms with Crippen molar-refractivity contribution in [2.45, 2.75) is 71.0 Å². The van der Waals surface area contributed by atoms with Gasteiger partial charge in [0.05, 0.1) is 0 Å². The number of aryl methyl sites for hydroxylation is 2. The molecule has 1 N–H and O–H groups in total. The van der Waals surface area contributed by atoms with E-state index in [1.807, 2.05) is 12.3 Å². The van der Waals surface area contributed by atoms with Gasteiger partial charge in [0.1, 0.15) is 0 Å². The van der Waals surface area contributed by atoms with E-state index in [1.54, 1.807) is 5.56 Å². The van der Waals surface area contributed by atoms with Crippen molar-refractivity contribution in [3.05, 3.63) is 58.9 Å². The maximum atomic E-state index is 4.32. The van der Waals surface area contributed by atoms with Gasteiger partial charge in [0.2, 0.25) is 0 Å². The van der Waals surface area contributed by atoms with Crippen LogP contribution in [0, 0.1) is 0 Å². The molecule has 34 heavy (non-hydrogen) atoms. The largest absolute Gasteiger partial charge is 0.368 e. The Bertz CT molecular complexity index is 903. The highest BCUT2D eigenvalue weighted by Gasteiger charge is 2.33. The van der Waals surface area contributed by atoms with Crippen LogP contribution in [-0.2, 0) is 25.8 Å². The average molecular weight is 464 g/mol. The summed E-state index contributed by atoms with van der Waals surface area (Å²) < 4.78 is 0. The molecule has 186 valence electrons. The van der Waals surface area contributed by atoms with Crippen LogP contribution in [0.25, 0.3) is 0 Å². The fourth-order valence-corrected chi connectivity index (χ4v) is 6.30. The SMILES string of the molecule is C.CNCC1Cc2c(cccc2N2CCN3CCCC3C2)CN1C.c1cnc2c(c1)CCCC2. The highest BCUT2D eigenvalue weighted by molar-refractivity contribution is 5.58. The lowest BCUT2D eigenvalue weighted by Gasteiger charge is -2.42. The fraction of sp³-hybridized carbons (Fsp3) is 0.621. The summed E-state index contributed by atoms with van der Waals surface area (Å²) in [5.74, 6) is 0. The standard InChI is InChI=1S/C19H30N4.C9H11N.CH4/c1-20-12-17-11-18-15(13-21(17)2)5-3-7-19(18)23-10-9-22-8-4-6-16(22)14-23;1-2-6-9-8(4-1)5-3-7-10-9;/h3,5,7,16-17,20H,4,6,8-14H2,1-2H3;3,5,7H,1-2,4,6H2;1H4. The molecule has 2 saturated heterocycles. The molecule has 3 aliphatic heterocycles. The lowest BCUT2D eigenvalue weighted by molar-refractivity contribution is 0.211. The number of nitrogens with zero attached hydrogens (tertiary/aromatic N) is 4. The van der Waals surface area contributed by atoms with Gasteiger partial charge in [-0.25, -0.2) is 0 Å². The second-order valence-electron chi connectivity index (χ2n) is 10.3. The number of hydrogen-bond acceptors (Lipinski definition) is 5. The van der Waals surface area contributed by atoms with Crippen LogP contribution >= 0.6 is 0 Å². The molecule has 0 saturated carbocycles. The van der Waals surface area contributed by atoms with E-state index in [2.05, 4.69) is 63.4 Å². The summed E-state index contributed by atoms with van der Waals surface area (Å²) >= 11 is 0. The Morgan fingerprint density at radius 2 is 1.85 bits per heavy atom. The third kappa shape index (κ3) is 5.48. The minimum absolute atomic E-state index is 0. The predicted molar refractivity (Wildman–Crippen MR) is 144 cm³/mol. The van der Waals surface area contributed by atoms with Gasteiger partial charge in [-0.15, -0.1) is 0 Å². The first-order chi connectivity index (χ1) is 16.2. The smallest absolute Gasteiger partial charge is 0.0435 e. The Labute approximate surface area is 207 Å². The fourth-order valence-electron chi connectivity index (χ4n) is 6.30. The number of aromatic nitrogens is 1. The van der Waals surface area contributed by atoms with Crippen molar-refractivity contribution in [1.82, 2.24) is 20.1 Å². The molecule has 6 rings (SSSR count). The van der Waals surface area contributed by atoms with Crippen LogP contribution in [-0.4, -0.2) is 73.7 Å². The van der Waals surface area contributed by atoms with Crippen LogP contribution < -0.4 is 10.2 Å². The molecule has 4 aliphatic rings. The molecule has 1 aliphatic carbocycles. The van der Waals surface area contributed by atoms with Crippen LogP contribution in [0.2, 0.25) is 0 Å². The zero-order valence-corrected chi connectivity index (χ0v) is 20.6. The van der Waals surface area contributed by atoms with Gasteiger partial charge in [-0.1, -0.05) is 25.6 Å². The summed E-state index contributed by atoms with van der Waals surface area (Å²) in [6, 6.07) is 12.6. The minimum Gasteiger partial charge on any atom is -0.368 e. The van der Waals surface area contributed by atoms with Gasteiger partial charge in [-0.3, -0.25) is 14.8 Å². The van der Waals surface area contributed by atoms with Crippen molar-refractivity contribution in [3.63, 3.8) is 0 Å².